The van der Waals surface area contributed by atoms with Gasteiger partial charge in [0.15, 0.2) is 0 Å². The molecule has 1 aliphatic carbocycles. The summed E-state index contributed by atoms with van der Waals surface area (Å²) < 4.78 is 10.7. The molecule has 5 heteroatoms. The van der Waals surface area contributed by atoms with Crippen LogP contribution in [0, 0.1) is 0 Å². The Balaban J connectivity index is 2.27. The molecule has 1 aromatic heterocycles. The molecule has 0 aliphatic heterocycles. The number of aromatic nitrogens is 2. The molecule has 0 spiro atoms. The highest BCUT2D eigenvalue weighted by molar-refractivity contribution is 5.05. The van der Waals surface area contributed by atoms with E-state index < -0.39 is 0 Å². The van der Waals surface area contributed by atoms with Gasteiger partial charge in [-0.25, -0.2) is 0 Å². The van der Waals surface area contributed by atoms with Crippen LogP contribution in [-0.2, 0) is 10.3 Å². The zero-order chi connectivity index (χ0) is 10.9. The number of nitrogens with zero attached hydrogens (tertiary/aromatic N) is 2. The third-order valence-corrected chi connectivity index (χ3v) is 3.04. The molecule has 84 valence electrons. The number of hydrogen-bond donors (Lipinski definition) is 1. The standard InChI is InChI=1S/C10H17N3O2/c1-7(11)8-12-9(13-15-8)10(14-2)5-3-4-6-10/h7H,3-6,11H2,1-2H3/t7-/m1/s1. The van der Waals surface area contributed by atoms with Crippen LogP contribution in [0.5, 0.6) is 0 Å². The highest BCUT2D eigenvalue weighted by Gasteiger charge is 2.40. The van der Waals surface area contributed by atoms with Crippen LogP contribution in [0.1, 0.15) is 50.4 Å². The van der Waals surface area contributed by atoms with E-state index in [-0.39, 0.29) is 11.6 Å². The summed E-state index contributed by atoms with van der Waals surface area (Å²) in [5.41, 5.74) is 5.34. The van der Waals surface area contributed by atoms with E-state index in [9.17, 15) is 0 Å². The van der Waals surface area contributed by atoms with E-state index in [1.807, 2.05) is 6.92 Å². The van der Waals surface area contributed by atoms with E-state index in [0.717, 1.165) is 25.7 Å². The Morgan fingerprint density at radius 1 is 1.47 bits per heavy atom. The Labute approximate surface area is 89.0 Å². The largest absolute Gasteiger partial charge is 0.370 e. The zero-order valence-corrected chi connectivity index (χ0v) is 9.19. The molecule has 1 saturated carbocycles. The molecule has 0 saturated heterocycles. The van der Waals surface area contributed by atoms with Gasteiger partial charge in [-0.3, -0.25) is 0 Å². The molecule has 0 radical (unpaired) electrons. The van der Waals surface area contributed by atoms with Gasteiger partial charge in [-0.05, 0) is 32.6 Å². The topological polar surface area (TPSA) is 74.2 Å². The van der Waals surface area contributed by atoms with Gasteiger partial charge in [0.25, 0.3) is 0 Å². The smallest absolute Gasteiger partial charge is 0.243 e. The fraction of sp³-hybridized carbons (Fsp3) is 0.800. The van der Waals surface area contributed by atoms with Gasteiger partial charge in [0.1, 0.15) is 5.60 Å². The van der Waals surface area contributed by atoms with Crippen LogP contribution in [0.3, 0.4) is 0 Å². The number of nitrogens with two attached hydrogens (primary N) is 1. The molecule has 1 aliphatic rings. The maximum Gasteiger partial charge on any atom is 0.243 e. The van der Waals surface area contributed by atoms with Crippen LogP contribution in [0.15, 0.2) is 4.52 Å². The SMILES string of the molecule is COC1(c2noc([C@@H](C)N)n2)CCCC1. The van der Waals surface area contributed by atoms with Crippen LogP contribution in [-0.4, -0.2) is 17.3 Å². The van der Waals surface area contributed by atoms with Crippen LogP contribution in [0.4, 0.5) is 0 Å². The van der Waals surface area contributed by atoms with Crippen LogP contribution in [0.2, 0.25) is 0 Å². The van der Waals surface area contributed by atoms with Crippen LogP contribution < -0.4 is 5.73 Å². The lowest BCUT2D eigenvalue weighted by Gasteiger charge is -2.22. The molecule has 2 N–H and O–H groups in total. The minimum Gasteiger partial charge on any atom is -0.370 e. The molecule has 5 nitrogen and oxygen atoms in total. The molecule has 0 amide bonds. The van der Waals surface area contributed by atoms with Crippen molar-refractivity contribution < 1.29 is 9.26 Å². The second-order valence-electron chi connectivity index (χ2n) is 4.15. The van der Waals surface area contributed by atoms with Gasteiger partial charge in [0, 0.05) is 7.11 Å². The molecule has 2 rings (SSSR count). The normalized spacial score (nSPS) is 21.8. The predicted molar refractivity (Wildman–Crippen MR) is 54.1 cm³/mol. The fourth-order valence-corrected chi connectivity index (χ4v) is 2.07. The summed E-state index contributed by atoms with van der Waals surface area (Å²) in [6, 6.07) is -0.221. The van der Waals surface area contributed by atoms with E-state index in [0.29, 0.717) is 11.7 Å². The van der Waals surface area contributed by atoms with Crippen molar-refractivity contribution in [3.8, 4) is 0 Å². The van der Waals surface area contributed by atoms with E-state index in [1.54, 1.807) is 7.11 Å². The van der Waals surface area contributed by atoms with Crippen LogP contribution >= 0.6 is 0 Å². The molecule has 1 atom stereocenters. The molecule has 1 fully saturated rings. The summed E-state index contributed by atoms with van der Waals surface area (Å²) in [4.78, 5) is 4.31. The van der Waals surface area contributed by atoms with Crippen molar-refractivity contribution in [3.63, 3.8) is 0 Å². The van der Waals surface area contributed by atoms with Gasteiger partial charge in [0.05, 0.1) is 6.04 Å². The molecule has 1 heterocycles. The zero-order valence-electron chi connectivity index (χ0n) is 9.19. The highest BCUT2D eigenvalue weighted by atomic mass is 16.5. The summed E-state index contributed by atoms with van der Waals surface area (Å²) in [5, 5.41) is 3.97. The monoisotopic (exact) mass is 211 g/mol. The summed E-state index contributed by atoms with van der Waals surface area (Å²) in [5.74, 6) is 1.13. The maximum atomic E-state index is 5.67. The minimum atomic E-state index is -0.337. The number of methoxy groups -OCH3 is 1. The molecule has 0 aromatic carbocycles. The Hall–Kier alpha value is -0.940. The predicted octanol–water partition coefficient (Wildman–Crippen LogP) is 1.50. The first-order valence-electron chi connectivity index (χ1n) is 5.33. The summed E-state index contributed by atoms with van der Waals surface area (Å²) >= 11 is 0. The second-order valence-corrected chi connectivity index (χ2v) is 4.15. The van der Waals surface area contributed by atoms with Crippen molar-refractivity contribution in [1.82, 2.24) is 10.1 Å². The Bertz CT molecular complexity index is 329. The molecule has 0 unspecified atom stereocenters. The van der Waals surface area contributed by atoms with Crippen molar-refractivity contribution in [2.75, 3.05) is 7.11 Å². The molecule has 1 aromatic rings. The Morgan fingerprint density at radius 2 is 2.13 bits per heavy atom. The van der Waals surface area contributed by atoms with E-state index in [2.05, 4.69) is 10.1 Å². The van der Waals surface area contributed by atoms with E-state index >= 15 is 0 Å². The molecule has 0 bridgehead atoms. The van der Waals surface area contributed by atoms with Gasteiger partial charge in [-0.15, -0.1) is 0 Å². The first-order valence-corrected chi connectivity index (χ1v) is 5.33. The average molecular weight is 211 g/mol. The third kappa shape index (κ3) is 1.77. The first-order chi connectivity index (χ1) is 7.18. The minimum absolute atomic E-state index is 0.221. The van der Waals surface area contributed by atoms with Gasteiger partial charge in [-0.2, -0.15) is 4.98 Å². The number of rotatable bonds is 3. The molecule has 15 heavy (non-hydrogen) atoms. The van der Waals surface area contributed by atoms with Crippen LogP contribution in [0.25, 0.3) is 0 Å². The van der Waals surface area contributed by atoms with E-state index in [4.69, 9.17) is 15.0 Å². The fourth-order valence-electron chi connectivity index (χ4n) is 2.07. The quantitative estimate of drug-likeness (QED) is 0.820. The average Bonchev–Trinajstić information content (AvgIpc) is 2.87. The summed E-state index contributed by atoms with van der Waals surface area (Å²) in [6.45, 7) is 1.82. The van der Waals surface area contributed by atoms with Crippen molar-refractivity contribution in [2.45, 2.75) is 44.2 Å². The summed E-state index contributed by atoms with van der Waals surface area (Å²) in [7, 11) is 1.70. The molecular formula is C10H17N3O2. The highest BCUT2D eigenvalue weighted by Crippen LogP contribution is 2.40. The van der Waals surface area contributed by atoms with Crippen molar-refractivity contribution in [1.29, 1.82) is 0 Å². The lowest BCUT2D eigenvalue weighted by atomic mass is 10.0. The van der Waals surface area contributed by atoms with Gasteiger partial charge >= 0.3 is 0 Å². The van der Waals surface area contributed by atoms with E-state index in [1.165, 1.54) is 0 Å². The molecular weight excluding hydrogens is 194 g/mol. The van der Waals surface area contributed by atoms with Crippen molar-refractivity contribution >= 4 is 0 Å². The third-order valence-electron chi connectivity index (χ3n) is 3.04. The maximum absolute atomic E-state index is 5.67. The van der Waals surface area contributed by atoms with Crippen molar-refractivity contribution in [2.24, 2.45) is 5.73 Å². The first kappa shape index (κ1) is 10.6. The van der Waals surface area contributed by atoms with Gasteiger partial charge in [-0.1, -0.05) is 5.16 Å². The van der Waals surface area contributed by atoms with Gasteiger partial charge in [0.2, 0.25) is 11.7 Å². The number of ether oxygens (including phenoxy) is 1. The van der Waals surface area contributed by atoms with Crippen molar-refractivity contribution in [3.05, 3.63) is 11.7 Å². The number of hydrogen-bond acceptors (Lipinski definition) is 5. The second kappa shape index (κ2) is 3.90. The lowest BCUT2D eigenvalue weighted by molar-refractivity contribution is -0.0178. The lowest BCUT2D eigenvalue weighted by Crippen LogP contribution is -2.26. The van der Waals surface area contributed by atoms with Gasteiger partial charge < -0.3 is 15.0 Å². The Kier molecular flexibility index (Phi) is 2.75. The Morgan fingerprint density at radius 3 is 2.60 bits per heavy atom. The summed E-state index contributed by atoms with van der Waals surface area (Å²) in [6.07, 6.45) is 4.22.